The third kappa shape index (κ3) is 3.33. The molecule has 1 heterocycles. The van der Waals surface area contributed by atoms with E-state index in [2.05, 4.69) is 12.2 Å². The van der Waals surface area contributed by atoms with Gasteiger partial charge in [0, 0.05) is 6.04 Å². The van der Waals surface area contributed by atoms with Crippen molar-refractivity contribution in [2.75, 3.05) is 6.61 Å². The highest BCUT2D eigenvalue weighted by Crippen LogP contribution is 2.26. The summed E-state index contributed by atoms with van der Waals surface area (Å²) in [7, 11) is 0. The minimum absolute atomic E-state index is 0.0557. The van der Waals surface area contributed by atoms with Crippen LogP contribution in [-0.4, -0.2) is 11.7 Å². The molecule has 0 radical (unpaired) electrons. The number of aliphatic hydroxyl groups excluding tert-OH is 1. The molecule has 0 aliphatic carbocycles. The molecule has 0 spiro atoms. The van der Waals surface area contributed by atoms with Crippen molar-refractivity contribution >= 4 is 22.9 Å². The Morgan fingerprint density at radius 2 is 2.00 bits per heavy atom. The zero-order chi connectivity index (χ0) is 13.0. The molecule has 2 atom stereocenters. The normalized spacial score (nSPS) is 14.4. The van der Waals surface area contributed by atoms with E-state index < -0.39 is 0 Å². The van der Waals surface area contributed by atoms with Gasteiger partial charge in [0.05, 0.1) is 17.0 Å². The van der Waals surface area contributed by atoms with Crippen LogP contribution in [0.15, 0.2) is 41.8 Å². The third-order valence-electron chi connectivity index (χ3n) is 2.92. The van der Waals surface area contributed by atoms with Gasteiger partial charge < -0.3 is 10.4 Å². The fourth-order valence-corrected chi connectivity index (χ4v) is 2.87. The number of halogens is 1. The highest BCUT2D eigenvalue weighted by molar-refractivity contribution is 7.14. The van der Waals surface area contributed by atoms with Crippen molar-refractivity contribution in [3.8, 4) is 0 Å². The Labute approximate surface area is 116 Å². The van der Waals surface area contributed by atoms with Crippen LogP contribution in [0.4, 0.5) is 0 Å². The fourth-order valence-electron chi connectivity index (χ4n) is 1.89. The van der Waals surface area contributed by atoms with Crippen molar-refractivity contribution < 1.29 is 5.11 Å². The molecule has 1 unspecified atom stereocenters. The molecule has 2 rings (SSSR count). The van der Waals surface area contributed by atoms with Crippen LogP contribution < -0.4 is 5.32 Å². The summed E-state index contributed by atoms with van der Waals surface area (Å²) in [5.74, 6) is 0. The monoisotopic (exact) mass is 281 g/mol. The van der Waals surface area contributed by atoms with Crippen molar-refractivity contribution in [3.05, 3.63) is 57.2 Å². The summed E-state index contributed by atoms with van der Waals surface area (Å²) in [6.07, 6.45) is 0. The highest BCUT2D eigenvalue weighted by Gasteiger charge is 2.15. The number of rotatable bonds is 5. The lowest BCUT2D eigenvalue weighted by Crippen LogP contribution is -2.27. The lowest BCUT2D eigenvalue weighted by molar-refractivity contribution is 0.235. The van der Waals surface area contributed by atoms with Crippen LogP contribution in [0.5, 0.6) is 0 Å². The highest BCUT2D eigenvalue weighted by atomic mass is 35.5. The van der Waals surface area contributed by atoms with Gasteiger partial charge in [-0.15, -0.1) is 11.3 Å². The maximum Gasteiger partial charge on any atom is 0.0931 e. The average Bonchev–Trinajstić information content (AvgIpc) is 2.83. The van der Waals surface area contributed by atoms with Crippen LogP contribution in [0, 0.1) is 0 Å². The van der Waals surface area contributed by atoms with Gasteiger partial charge in [-0.1, -0.05) is 41.9 Å². The third-order valence-corrected chi connectivity index (χ3v) is 4.03. The first kappa shape index (κ1) is 13.6. The molecule has 0 amide bonds. The number of aliphatic hydroxyl groups is 1. The van der Waals surface area contributed by atoms with Gasteiger partial charge in [-0.3, -0.25) is 0 Å². The maximum atomic E-state index is 9.49. The summed E-state index contributed by atoms with van der Waals surface area (Å²) in [5.41, 5.74) is 2.24. The Morgan fingerprint density at radius 3 is 2.56 bits per heavy atom. The van der Waals surface area contributed by atoms with Crippen LogP contribution in [0.25, 0.3) is 0 Å². The summed E-state index contributed by atoms with van der Waals surface area (Å²) in [6, 6.07) is 12.0. The van der Waals surface area contributed by atoms with Gasteiger partial charge in [0.1, 0.15) is 0 Å². The summed E-state index contributed by atoms with van der Waals surface area (Å²) < 4.78 is 0.791. The number of hydrogen-bond acceptors (Lipinski definition) is 3. The van der Waals surface area contributed by atoms with E-state index in [1.807, 2.05) is 41.8 Å². The zero-order valence-corrected chi connectivity index (χ0v) is 11.7. The van der Waals surface area contributed by atoms with Crippen molar-refractivity contribution in [1.29, 1.82) is 0 Å². The van der Waals surface area contributed by atoms with Gasteiger partial charge in [-0.05, 0) is 29.5 Å². The predicted molar refractivity (Wildman–Crippen MR) is 77.1 cm³/mol. The molecule has 18 heavy (non-hydrogen) atoms. The minimum atomic E-state index is -0.0557. The Morgan fingerprint density at radius 1 is 1.28 bits per heavy atom. The molecule has 1 aromatic carbocycles. The molecule has 2 nitrogen and oxygen atoms in total. The Balaban J connectivity index is 2.07. The molecular weight excluding hydrogens is 266 g/mol. The van der Waals surface area contributed by atoms with Gasteiger partial charge in [0.15, 0.2) is 0 Å². The van der Waals surface area contributed by atoms with Gasteiger partial charge in [-0.25, -0.2) is 0 Å². The van der Waals surface area contributed by atoms with Crippen LogP contribution in [0.3, 0.4) is 0 Å². The zero-order valence-electron chi connectivity index (χ0n) is 10.1. The second-order valence-electron chi connectivity index (χ2n) is 4.22. The Hall–Kier alpha value is -0.870. The Bertz CT molecular complexity index is 486. The predicted octanol–water partition coefficient (Wildman–Crippen LogP) is 3.79. The second kappa shape index (κ2) is 6.34. The van der Waals surface area contributed by atoms with E-state index in [-0.39, 0.29) is 18.7 Å². The van der Waals surface area contributed by atoms with E-state index in [0.29, 0.717) is 0 Å². The molecule has 0 aliphatic heterocycles. The minimum Gasteiger partial charge on any atom is -0.394 e. The molecule has 4 heteroatoms. The van der Waals surface area contributed by atoms with Crippen molar-refractivity contribution in [1.82, 2.24) is 5.32 Å². The summed E-state index contributed by atoms with van der Waals surface area (Å²) in [5, 5.41) is 14.9. The standard InChI is InChI=1S/C14H16ClNOS/c1-10(12-7-14(15)18-9-12)16-13(8-17)11-5-3-2-4-6-11/h2-7,9-10,13,16-17H,8H2,1H3/t10?,13-/m1/s1. The second-order valence-corrected chi connectivity index (χ2v) is 5.76. The van der Waals surface area contributed by atoms with E-state index in [1.54, 1.807) is 0 Å². The SMILES string of the molecule is CC(N[C@H](CO)c1ccccc1)c1csc(Cl)c1. The largest absolute Gasteiger partial charge is 0.394 e. The van der Waals surface area contributed by atoms with E-state index in [9.17, 15) is 5.11 Å². The van der Waals surface area contributed by atoms with Gasteiger partial charge in [-0.2, -0.15) is 0 Å². The van der Waals surface area contributed by atoms with Crippen molar-refractivity contribution in [2.24, 2.45) is 0 Å². The molecule has 1 aromatic heterocycles. The van der Waals surface area contributed by atoms with E-state index in [0.717, 1.165) is 15.5 Å². The quantitative estimate of drug-likeness (QED) is 0.874. The van der Waals surface area contributed by atoms with E-state index >= 15 is 0 Å². The lowest BCUT2D eigenvalue weighted by atomic mass is 10.1. The summed E-state index contributed by atoms with van der Waals surface area (Å²) in [6.45, 7) is 2.15. The molecule has 0 bridgehead atoms. The van der Waals surface area contributed by atoms with E-state index in [4.69, 9.17) is 11.6 Å². The summed E-state index contributed by atoms with van der Waals surface area (Å²) in [4.78, 5) is 0. The molecule has 0 fully saturated rings. The molecule has 2 aromatic rings. The fraction of sp³-hybridized carbons (Fsp3) is 0.286. The number of hydrogen-bond donors (Lipinski definition) is 2. The molecule has 0 saturated carbocycles. The number of thiophene rings is 1. The number of nitrogens with one attached hydrogen (secondary N) is 1. The Kier molecular flexibility index (Phi) is 4.78. The topological polar surface area (TPSA) is 32.3 Å². The van der Waals surface area contributed by atoms with Crippen molar-refractivity contribution in [2.45, 2.75) is 19.0 Å². The van der Waals surface area contributed by atoms with Crippen LogP contribution >= 0.6 is 22.9 Å². The van der Waals surface area contributed by atoms with Gasteiger partial charge in [0.2, 0.25) is 0 Å². The van der Waals surface area contributed by atoms with E-state index in [1.165, 1.54) is 11.3 Å². The van der Waals surface area contributed by atoms with Gasteiger partial charge >= 0.3 is 0 Å². The van der Waals surface area contributed by atoms with Crippen LogP contribution in [0.1, 0.15) is 30.1 Å². The maximum absolute atomic E-state index is 9.49. The first-order valence-electron chi connectivity index (χ1n) is 5.86. The molecule has 0 saturated heterocycles. The first-order chi connectivity index (χ1) is 8.70. The first-order valence-corrected chi connectivity index (χ1v) is 7.12. The lowest BCUT2D eigenvalue weighted by Gasteiger charge is -2.21. The van der Waals surface area contributed by atoms with Crippen LogP contribution in [-0.2, 0) is 0 Å². The molecule has 2 N–H and O–H groups in total. The molecule has 96 valence electrons. The molecular formula is C14H16ClNOS. The van der Waals surface area contributed by atoms with Gasteiger partial charge in [0.25, 0.3) is 0 Å². The number of benzene rings is 1. The average molecular weight is 282 g/mol. The summed E-state index contributed by atoms with van der Waals surface area (Å²) >= 11 is 7.46. The molecule has 0 aliphatic rings. The van der Waals surface area contributed by atoms with Crippen LogP contribution in [0.2, 0.25) is 4.34 Å². The smallest absolute Gasteiger partial charge is 0.0931 e. The van der Waals surface area contributed by atoms with Crippen molar-refractivity contribution in [3.63, 3.8) is 0 Å².